The number of amidine groups is 1. The second kappa shape index (κ2) is 6.86. The van der Waals surface area contributed by atoms with Gasteiger partial charge in [0, 0.05) is 12.1 Å². The number of halogens is 1. The molecule has 0 spiro atoms. The topological polar surface area (TPSA) is 84.6 Å². The van der Waals surface area contributed by atoms with E-state index in [4.69, 9.17) is 0 Å². The SMILES string of the molecule is Cc1cc([N+](=O)[O-])ccc1N=C1NC(=O)/C(=C/c2ccc(F)cc2)S1. The molecule has 0 aromatic heterocycles. The van der Waals surface area contributed by atoms with Gasteiger partial charge >= 0.3 is 0 Å². The number of nitrogens with one attached hydrogen (secondary N) is 1. The molecule has 0 atom stereocenters. The molecule has 1 heterocycles. The van der Waals surface area contributed by atoms with E-state index in [0.717, 1.165) is 11.8 Å². The Morgan fingerprint density at radius 2 is 1.96 bits per heavy atom. The van der Waals surface area contributed by atoms with Crippen LogP contribution >= 0.6 is 11.8 Å². The first-order chi connectivity index (χ1) is 11.9. The lowest BCUT2D eigenvalue weighted by Crippen LogP contribution is -2.19. The molecule has 2 aromatic rings. The summed E-state index contributed by atoms with van der Waals surface area (Å²) in [5, 5.41) is 13.8. The molecule has 1 amide bonds. The van der Waals surface area contributed by atoms with Crippen LogP contribution in [0.25, 0.3) is 6.08 Å². The molecule has 0 radical (unpaired) electrons. The Hall–Kier alpha value is -3.00. The molecule has 0 aliphatic carbocycles. The van der Waals surface area contributed by atoms with E-state index in [1.807, 2.05) is 0 Å². The quantitative estimate of drug-likeness (QED) is 0.512. The van der Waals surface area contributed by atoms with Gasteiger partial charge in [-0.3, -0.25) is 14.9 Å². The van der Waals surface area contributed by atoms with Crippen LogP contribution in [0.5, 0.6) is 0 Å². The highest BCUT2D eigenvalue weighted by molar-refractivity contribution is 8.18. The van der Waals surface area contributed by atoms with Crippen molar-refractivity contribution < 1.29 is 14.1 Å². The van der Waals surface area contributed by atoms with Crippen molar-refractivity contribution in [3.8, 4) is 0 Å². The number of carbonyl (C=O) groups is 1. The predicted octanol–water partition coefficient (Wildman–Crippen LogP) is 3.93. The molecule has 6 nitrogen and oxygen atoms in total. The highest BCUT2D eigenvalue weighted by Crippen LogP contribution is 2.30. The van der Waals surface area contributed by atoms with E-state index >= 15 is 0 Å². The van der Waals surface area contributed by atoms with Gasteiger partial charge in [-0.2, -0.15) is 0 Å². The van der Waals surface area contributed by atoms with Crippen LogP contribution in [0.1, 0.15) is 11.1 Å². The van der Waals surface area contributed by atoms with Crippen molar-refractivity contribution in [2.45, 2.75) is 6.92 Å². The number of amides is 1. The maximum absolute atomic E-state index is 12.9. The maximum atomic E-state index is 12.9. The third-order valence-corrected chi connectivity index (χ3v) is 4.34. The number of rotatable bonds is 3. The van der Waals surface area contributed by atoms with Gasteiger partial charge in [0.2, 0.25) is 0 Å². The van der Waals surface area contributed by atoms with E-state index in [-0.39, 0.29) is 17.4 Å². The van der Waals surface area contributed by atoms with Crippen molar-refractivity contribution in [1.82, 2.24) is 5.32 Å². The van der Waals surface area contributed by atoms with Gasteiger partial charge in [-0.1, -0.05) is 12.1 Å². The molecular weight excluding hydrogens is 345 g/mol. The Kier molecular flexibility index (Phi) is 4.62. The summed E-state index contributed by atoms with van der Waals surface area (Å²) in [5.41, 5.74) is 1.86. The van der Waals surface area contributed by atoms with Gasteiger partial charge in [0.1, 0.15) is 5.82 Å². The molecule has 8 heteroatoms. The molecule has 1 saturated heterocycles. The zero-order valence-corrected chi connectivity index (χ0v) is 13.8. The monoisotopic (exact) mass is 357 g/mol. The third kappa shape index (κ3) is 3.92. The number of hydrogen-bond donors (Lipinski definition) is 1. The van der Waals surface area contributed by atoms with Gasteiger partial charge in [0.15, 0.2) is 5.17 Å². The number of carbonyl (C=O) groups excluding carboxylic acids is 1. The number of thioether (sulfide) groups is 1. The Balaban J connectivity index is 1.83. The largest absolute Gasteiger partial charge is 0.300 e. The van der Waals surface area contributed by atoms with Gasteiger partial charge < -0.3 is 5.32 Å². The number of aliphatic imine (C=N–C) groups is 1. The minimum absolute atomic E-state index is 0.0125. The summed E-state index contributed by atoms with van der Waals surface area (Å²) in [6.45, 7) is 1.71. The van der Waals surface area contributed by atoms with Gasteiger partial charge in [-0.05, 0) is 54.1 Å². The first-order valence-electron chi connectivity index (χ1n) is 7.22. The molecule has 126 valence electrons. The average molecular weight is 357 g/mol. The normalized spacial score (nSPS) is 17.1. The smallest absolute Gasteiger partial charge is 0.269 e. The van der Waals surface area contributed by atoms with Crippen LogP contribution in [0.15, 0.2) is 52.4 Å². The molecule has 25 heavy (non-hydrogen) atoms. The standard InChI is InChI=1S/C17H12FN3O3S/c1-10-8-13(21(23)24)6-7-14(10)19-17-20-16(22)15(25-17)9-11-2-4-12(18)5-3-11/h2-9H,1H3,(H,19,20,22)/b15-9-. The summed E-state index contributed by atoms with van der Waals surface area (Å²) in [4.78, 5) is 27.1. The summed E-state index contributed by atoms with van der Waals surface area (Å²) in [5.74, 6) is -0.644. The van der Waals surface area contributed by atoms with E-state index in [0.29, 0.717) is 26.9 Å². The average Bonchev–Trinajstić information content (AvgIpc) is 2.91. The van der Waals surface area contributed by atoms with Crippen LogP contribution in [0.3, 0.4) is 0 Å². The van der Waals surface area contributed by atoms with E-state index < -0.39 is 4.92 Å². The maximum Gasteiger partial charge on any atom is 0.269 e. The second-order valence-electron chi connectivity index (χ2n) is 5.26. The lowest BCUT2D eigenvalue weighted by molar-refractivity contribution is -0.384. The van der Waals surface area contributed by atoms with Gasteiger partial charge in [0.05, 0.1) is 15.5 Å². The highest BCUT2D eigenvalue weighted by Gasteiger charge is 2.24. The number of non-ortho nitro benzene ring substituents is 1. The van der Waals surface area contributed by atoms with Crippen molar-refractivity contribution in [3.05, 3.63) is 74.4 Å². The zero-order valence-electron chi connectivity index (χ0n) is 13.0. The second-order valence-corrected chi connectivity index (χ2v) is 6.29. The molecule has 1 aliphatic heterocycles. The summed E-state index contributed by atoms with van der Waals surface area (Å²) in [6, 6.07) is 10.1. The van der Waals surface area contributed by atoms with E-state index in [2.05, 4.69) is 10.3 Å². The fourth-order valence-corrected chi connectivity index (χ4v) is 3.01. The molecule has 1 fully saturated rings. The number of aryl methyl sites for hydroxylation is 1. The minimum atomic E-state index is -0.473. The molecule has 0 saturated carbocycles. The summed E-state index contributed by atoms with van der Waals surface area (Å²) >= 11 is 1.15. The lowest BCUT2D eigenvalue weighted by Gasteiger charge is -2.01. The molecule has 1 N–H and O–H groups in total. The molecule has 0 unspecified atom stereocenters. The minimum Gasteiger partial charge on any atom is -0.300 e. The van der Waals surface area contributed by atoms with Gasteiger partial charge in [0.25, 0.3) is 11.6 Å². The zero-order chi connectivity index (χ0) is 18.0. The van der Waals surface area contributed by atoms with Crippen LogP contribution in [0.4, 0.5) is 15.8 Å². The van der Waals surface area contributed by atoms with Crippen LogP contribution < -0.4 is 5.32 Å². The molecule has 1 aliphatic rings. The van der Waals surface area contributed by atoms with Crippen LogP contribution in [0, 0.1) is 22.9 Å². The molecular formula is C17H12FN3O3S. The fraction of sp³-hybridized carbons (Fsp3) is 0.0588. The third-order valence-electron chi connectivity index (χ3n) is 3.43. The number of hydrogen-bond acceptors (Lipinski definition) is 5. The summed E-state index contributed by atoms with van der Waals surface area (Å²) in [7, 11) is 0. The van der Waals surface area contributed by atoms with Crippen molar-refractivity contribution in [2.75, 3.05) is 0 Å². The molecule has 2 aromatic carbocycles. The van der Waals surface area contributed by atoms with Crippen molar-refractivity contribution in [3.63, 3.8) is 0 Å². The first-order valence-corrected chi connectivity index (χ1v) is 8.04. The Labute approximate surface area is 146 Å². The predicted molar refractivity (Wildman–Crippen MR) is 95.0 cm³/mol. The van der Waals surface area contributed by atoms with Crippen molar-refractivity contribution in [1.29, 1.82) is 0 Å². The summed E-state index contributed by atoms with van der Waals surface area (Å²) in [6.07, 6.45) is 1.64. The number of benzene rings is 2. The van der Waals surface area contributed by atoms with E-state index in [9.17, 15) is 19.3 Å². The number of nitro benzene ring substituents is 1. The van der Waals surface area contributed by atoms with Gasteiger partial charge in [-0.25, -0.2) is 9.38 Å². The first kappa shape index (κ1) is 16.8. The van der Waals surface area contributed by atoms with E-state index in [1.54, 1.807) is 25.1 Å². The molecule has 0 bridgehead atoms. The Morgan fingerprint density at radius 1 is 1.24 bits per heavy atom. The molecule has 3 rings (SSSR count). The summed E-state index contributed by atoms with van der Waals surface area (Å²) < 4.78 is 12.9. The number of nitrogens with zero attached hydrogens (tertiary/aromatic N) is 2. The Morgan fingerprint density at radius 3 is 2.60 bits per heavy atom. The lowest BCUT2D eigenvalue weighted by atomic mass is 10.2. The van der Waals surface area contributed by atoms with E-state index in [1.165, 1.54) is 30.3 Å². The van der Waals surface area contributed by atoms with Crippen LogP contribution in [-0.2, 0) is 4.79 Å². The van der Waals surface area contributed by atoms with Gasteiger partial charge in [-0.15, -0.1) is 0 Å². The van der Waals surface area contributed by atoms with Crippen LogP contribution in [0.2, 0.25) is 0 Å². The highest BCUT2D eigenvalue weighted by atomic mass is 32.2. The number of nitro groups is 1. The Bertz CT molecular complexity index is 923. The van der Waals surface area contributed by atoms with Crippen molar-refractivity contribution >= 4 is 40.3 Å². The van der Waals surface area contributed by atoms with Crippen molar-refractivity contribution in [2.24, 2.45) is 4.99 Å². The van der Waals surface area contributed by atoms with Crippen LogP contribution in [-0.4, -0.2) is 16.0 Å². The fourth-order valence-electron chi connectivity index (χ4n) is 2.18.